The number of pyridine rings is 1. The number of rotatable bonds is 5. The Morgan fingerprint density at radius 1 is 1.19 bits per heavy atom. The van der Waals surface area contributed by atoms with Crippen LogP contribution >= 0.6 is 0 Å². The highest BCUT2D eigenvalue weighted by atomic mass is 16.2. The molecule has 0 unspecified atom stereocenters. The third kappa shape index (κ3) is 4.79. The van der Waals surface area contributed by atoms with Gasteiger partial charge in [0.2, 0.25) is 5.91 Å². The Kier molecular flexibility index (Phi) is 6.06. The highest BCUT2D eigenvalue weighted by Gasteiger charge is 2.24. The average Bonchev–Trinajstić information content (AvgIpc) is 3.04. The molecule has 0 aromatic carbocycles. The van der Waals surface area contributed by atoms with Crippen molar-refractivity contribution in [2.45, 2.75) is 32.6 Å². The normalized spacial score (nSPS) is 16.6. The van der Waals surface area contributed by atoms with Gasteiger partial charge in [-0.05, 0) is 50.5 Å². The minimum absolute atomic E-state index is 0.0410. The summed E-state index contributed by atoms with van der Waals surface area (Å²) in [5.74, 6) is 1.69. The Morgan fingerprint density at radius 2 is 2.03 bits per heavy atom. The van der Waals surface area contributed by atoms with Crippen LogP contribution in [0.5, 0.6) is 0 Å². The van der Waals surface area contributed by atoms with Crippen molar-refractivity contribution < 1.29 is 4.79 Å². The standard InChI is InChI=1S/C23H27N7O/c1-16-20(17(2)29(3)28-16)6-7-23(31)30-12-4-5-19(15-30)18-8-9-25-21(13-18)27-22-14-24-10-11-26-22/h6-11,13-14,19H,4-5,12,15H2,1-3H3,(H,25,26,27)/b7-6+/t19-/m1/s1. The lowest BCUT2D eigenvalue weighted by Crippen LogP contribution is -2.38. The van der Waals surface area contributed by atoms with E-state index in [-0.39, 0.29) is 11.8 Å². The van der Waals surface area contributed by atoms with Crippen molar-refractivity contribution >= 4 is 23.6 Å². The van der Waals surface area contributed by atoms with E-state index in [0.717, 1.165) is 42.2 Å². The largest absolute Gasteiger partial charge is 0.339 e. The molecule has 1 amide bonds. The number of likely N-dealkylation sites (tertiary alicyclic amines) is 1. The molecule has 8 heteroatoms. The van der Waals surface area contributed by atoms with Crippen LogP contribution in [0.4, 0.5) is 11.6 Å². The third-order valence-corrected chi connectivity index (χ3v) is 5.77. The first kappa shape index (κ1) is 20.7. The summed E-state index contributed by atoms with van der Waals surface area (Å²) in [6.07, 6.45) is 12.3. The van der Waals surface area contributed by atoms with Crippen LogP contribution in [-0.2, 0) is 11.8 Å². The molecule has 0 aliphatic carbocycles. The molecule has 4 rings (SSSR count). The van der Waals surface area contributed by atoms with E-state index in [9.17, 15) is 4.79 Å². The molecule has 31 heavy (non-hydrogen) atoms. The summed E-state index contributed by atoms with van der Waals surface area (Å²) >= 11 is 0. The van der Waals surface area contributed by atoms with Gasteiger partial charge in [0.05, 0.1) is 11.9 Å². The average molecular weight is 418 g/mol. The molecule has 8 nitrogen and oxygen atoms in total. The van der Waals surface area contributed by atoms with Crippen LogP contribution in [-0.4, -0.2) is 48.6 Å². The van der Waals surface area contributed by atoms with Crippen LogP contribution in [0.15, 0.2) is 43.0 Å². The number of amides is 1. The second kappa shape index (κ2) is 9.07. The van der Waals surface area contributed by atoms with Crippen molar-refractivity contribution in [2.24, 2.45) is 7.05 Å². The highest BCUT2D eigenvalue weighted by molar-refractivity contribution is 5.92. The van der Waals surface area contributed by atoms with E-state index < -0.39 is 0 Å². The maximum Gasteiger partial charge on any atom is 0.246 e. The van der Waals surface area contributed by atoms with Crippen molar-refractivity contribution in [1.82, 2.24) is 29.6 Å². The Bertz CT molecular complexity index is 1090. The zero-order valence-electron chi connectivity index (χ0n) is 18.1. The number of nitrogens with one attached hydrogen (secondary N) is 1. The minimum atomic E-state index is 0.0410. The van der Waals surface area contributed by atoms with E-state index in [1.165, 1.54) is 5.56 Å². The monoisotopic (exact) mass is 417 g/mol. The summed E-state index contributed by atoms with van der Waals surface area (Å²) in [5.41, 5.74) is 4.17. The molecule has 0 radical (unpaired) electrons. The van der Waals surface area contributed by atoms with Gasteiger partial charge in [-0.15, -0.1) is 0 Å². The lowest BCUT2D eigenvalue weighted by Gasteiger charge is -2.32. The number of hydrogen-bond acceptors (Lipinski definition) is 6. The molecule has 3 aromatic heterocycles. The minimum Gasteiger partial charge on any atom is -0.339 e. The molecule has 1 fully saturated rings. The Hall–Kier alpha value is -3.55. The van der Waals surface area contributed by atoms with Gasteiger partial charge in [0, 0.05) is 62.0 Å². The molecule has 3 aromatic rings. The predicted molar refractivity (Wildman–Crippen MR) is 120 cm³/mol. The zero-order valence-corrected chi connectivity index (χ0v) is 18.1. The van der Waals surface area contributed by atoms with Gasteiger partial charge < -0.3 is 10.2 Å². The third-order valence-electron chi connectivity index (χ3n) is 5.77. The van der Waals surface area contributed by atoms with Gasteiger partial charge in [-0.2, -0.15) is 5.10 Å². The summed E-state index contributed by atoms with van der Waals surface area (Å²) < 4.78 is 1.84. The molecule has 0 saturated carbocycles. The van der Waals surface area contributed by atoms with Gasteiger partial charge in [-0.1, -0.05) is 0 Å². The fraction of sp³-hybridized carbons (Fsp3) is 0.348. The van der Waals surface area contributed by atoms with E-state index >= 15 is 0 Å². The summed E-state index contributed by atoms with van der Waals surface area (Å²) in [5, 5.41) is 7.60. The maximum atomic E-state index is 12.9. The van der Waals surface area contributed by atoms with Crippen molar-refractivity contribution in [3.05, 3.63) is 65.5 Å². The van der Waals surface area contributed by atoms with Crippen LogP contribution in [0.2, 0.25) is 0 Å². The van der Waals surface area contributed by atoms with Gasteiger partial charge in [0.15, 0.2) is 0 Å². The van der Waals surface area contributed by atoms with E-state index in [1.54, 1.807) is 30.9 Å². The van der Waals surface area contributed by atoms with Crippen LogP contribution in [0.1, 0.15) is 41.3 Å². The summed E-state index contributed by atoms with van der Waals surface area (Å²) in [7, 11) is 1.92. The van der Waals surface area contributed by atoms with Gasteiger partial charge in [-0.3, -0.25) is 14.5 Å². The molecule has 4 heterocycles. The number of aryl methyl sites for hydroxylation is 2. The SMILES string of the molecule is Cc1nn(C)c(C)c1/C=C/C(=O)N1CCC[C@@H](c2ccnc(Nc3cnccn3)c2)C1. The number of anilines is 2. The van der Waals surface area contributed by atoms with E-state index in [2.05, 4.69) is 25.4 Å². The molecule has 0 bridgehead atoms. The molecule has 1 aliphatic rings. The molecule has 1 saturated heterocycles. The highest BCUT2D eigenvalue weighted by Crippen LogP contribution is 2.28. The van der Waals surface area contributed by atoms with Gasteiger partial charge in [0.25, 0.3) is 0 Å². The second-order valence-electron chi connectivity index (χ2n) is 7.85. The van der Waals surface area contributed by atoms with Crippen LogP contribution in [0, 0.1) is 13.8 Å². The Balaban J connectivity index is 1.44. The first-order valence-corrected chi connectivity index (χ1v) is 10.5. The fourth-order valence-corrected chi connectivity index (χ4v) is 4.00. The van der Waals surface area contributed by atoms with E-state index in [0.29, 0.717) is 12.4 Å². The number of carbonyl (C=O) groups is 1. The first-order chi connectivity index (χ1) is 15.0. The molecule has 1 atom stereocenters. The number of hydrogen-bond donors (Lipinski definition) is 1. The molecular formula is C23H27N7O. The van der Waals surface area contributed by atoms with Crippen LogP contribution in [0.25, 0.3) is 6.08 Å². The van der Waals surface area contributed by atoms with Crippen molar-refractivity contribution in [1.29, 1.82) is 0 Å². The number of piperidine rings is 1. The number of carbonyl (C=O) groups excluding carboxylic acids is 1. The van der Waals surface area contributed by atoms with Gasteiger partial charge in [-0.25, -0.2) is 9.97 Å². The Labute approximate surface area is 182 Å². The van der Waals surface area contributed by atoms with Gasteiger partial charge >= 0.3 is 0 Å². The topological polar surface area (TPSA) is 88.8 Å². The molecule has 1 aliphatic heterocycles. The van der Waals surface area contributed by atoms with Crippen molar-refractivity contribution in [2.75, 3.05) is 18.4 Å². The quantitative estimate of drug-likeness (QED) is 0.640. The second-order valence-corrected chi connectivity index (χ2v) is 7.85. The fourth-order valence-electron chi connectivity index (χ4n) is 4.00. The molecule has 0 spiro atoms. The van der Waals surface area contributed by atoms with E-state index in [4.69, 9.17) is 0 Å². The maximum absolute atomic E-state index is 12.9. The molecule has 1 N–H and O–H groups in total. The zero-order chi connectivity index (χ0) is 21.8. The summed E-state index contributed by atoms with van der Waals surface area (Å²) in [6.45, 7) is 5.45. The summed E-state index contributed by atoms with van der Waals surface area (Å²) in [4.78, 5) is 27.5. The van der Waals surface area contributed by atoms with E-state index in [1.807, 2.05) is 48.7 Å². The van der Waals surface area contributed by atoms with Crippen LogP contribution < -0.4 is 5.32 Å². The Morgan fingerprint density at radius 3 is 2.77 bits per heavy atom. The number of nitrogens with zero attached hydrogens (tertiary/aromatic N) is 6. The molecular weight excluding hydrogens is 390 g/mol. The lowest BCUT2D eigenvalue weighted by molar-refractivity contribution is -0.127. The number of aromatic nitrogens is 5. The van der Waals surface area contributed by atoms with Crippen molar-refractivity contribution in [3.63, 3.8) is 0 Å². The van der Waals surface area contributed by atoms with Gasteiger partial charge in [0.1, 0.15) is 11.6 Å². The molecule has 160 valence electrons. The van der Waals surface area contributed by atoms with Crippen molar-refractivity contribution in [3.8, 4) is 0 Å². The summed E-state index contributed by atoms with van der Waals surface area (Å²) in [6, 6.07) is 4.06. The first-order valence-electron chi connectivity index (χ1n) is 10.5. The smallest absolute Gasteiger partial charge is 0.246 e. The lowest BCUT2D eigenvalue weighted by atomic mass is 9.91. The van der Waals surface area contributed by atoms with Crippen LogP contribution in [0.3, 0.4) is 0 Å². The predicted octanol–water partition coefficient (Wildman–Crippen LogP) is 3.38.